The Morgan fingerprint density at radius 3 is 1.50 bits per heavy atom. The van der Waals surface area contributed by atoms with E-state index in [9.17, 15) is 0 Å². The van der Waals surface area contributed by atoms with Crippen molar-refractivity contribution in [3.63, 3.8) is 0 Å². The first-order valence-corrected chi connectivity index (χ1v) is 6.53. The van der Waals surface area contributed by atoms with Crippen molar-refractivity contribution in [2.75, 3.05) is 0 Å². The molecule has 0 aliphatic rings. The molecule has 2 rings (SSSR count). The fraction of sp³-hybridized carbons (Fsp3) is 0. The highest BCUT2D eigenvalue weighted by Crippen LogP contribution is 2.25. The minimum Gasteiger partial charge on any atom is -0.506 e. The first-order chi connectivity index (χ1) is 8.40. The van der Waals surface area contributed by atoms with Gasteiger partial charge >= 0.3 is 0 Å². The van der Waals surface area contributed by atoms with Crippen LogP contribution in [-0.2, 0) is 0 Å². The van der Waals surface area contributed by atoms with Crippen LogP contribution in [0.5, 0.6) is 5.75 Å². The third kappa shape index (κ3) is 5.13. The Kier molecular flexibility index (Phi) is 6.40. The van der Waals surface area contributed by atoms with Gasteiger partial charge in [0, 0.05) is 16.1 Å². The maximum atomic E-state index is 8.88. The zero-order chi connectivity index (χ0) is 13.7. The molecule has 0 radical (unpaired) electrons. The van der Waals surface area contributed by atoms with Crippen molar-refractivity contribution in [1.29, 1.82) is 0 Å². The highest BCUT2D eigenvalue weighted by atomic mass is 35.5. The highest BCUT2D eigenvalue weighted by molar-refractivity contribution is 6.43. The van der Waals surface area contributed by atoms with E-state index >= 15 is 0 Å². The average Bonchev–Trinajstić information content (AvgIpc) is 2.30. The van der Waals surface area contributed by atoms with Gasteiger partial charge in [0.05, 0.1) is 15.1 Å². The normalized spacial score (nSPS) is 9.61. The molecule has 0 aliphatic heterocycles. The van der Waals surface area contributed by atoms with Crippen molar-refractivity contribution in [3.05, 3.63) is 61.5 Å². The van der Waals surface area contributed by atoms with Crippen LogP contribution in [0.15, 0.2) is 36.4 Å². The van der Waals surface area contributed by atoms with Gasteiger partial charge in [0.1, 0.15) is 5.75 Å². The maximum absolute atomic E-state index is 8.88. The number of hydrogen-bond donors (Lipinski definition) is 1. The van der Waals surface area contributed by atoms with Crippen LogP contribution in [0.25, 0.3) is 0 Å². The minimum absolute atomic E-state index is 0.0177. The molecule has 1 nitrogen and oxygen atoms in total. The Morgan fingerprint density at radius 2 is 1.11 bits per heavy atom. The van der Waals surface area contributed by atoms with E-state index in [1.165, 1.54) is 6.07 Å². The van der Waals surface area contributed by atoms with Crippen molar-refractivity contribution in [2.24, 2.45) is 0 Å². The molecule has 0 atom stereocenters. The minimum atomic E-state index is 0.0177. The van der Waals surface area contributed by atoms with Gasteiger partial charge in [-0.3, -0.25) is 0 Å². The molecule has 0 saturated carbocycles. The van der Waals surface area contributed by atoms with E-state index < -0.39 is 0 Å². The fourth-order valence-electron chi connectivity index (χ4n) is 0.956. The number of aromatic hydroxyl groups is 1. The zero-order valence-electron chi connectivity index (χ0n) is 8.80. The molecule has 0 aliphatic carbocycles. The third-order valence-corrected chi connectivity index (χ3v) is 3.32. The summed E-state index contributed by atoms with van der Waals surface area (Å²) < 4.78 is 0. The van der Waals surface area contributed by atoms with Crippen LogP contribution in [0.3, 0.4) is 0 Å². The van der Waals surface area contributed by atoms with Gasteiger partial charge < -0.3 is 5.11 Å². The number of phenolic OH excluding ortho intramolecular Hbond substituents is 1. The quantitative estimate of drug-likeness (QED) is 0.552. The van der Waals surface area contributed by atoms with Gasteiger partial charge in [-0.25, -0.2) is 0 Å². The molecular weight excluding hydrogens is 337 g/mol. The van der Waals surface area contributed by atoms with Crippen LogP contribution < -0.4 is 0 Å². The second-order valence-corrected chi connectivity index (χ2v) is 5.25. The SMILES string of the molecule is Clc1ccc(Cl)c(Cl)c1.Oc1cc(Cl)ccc1Cl. The molecular formula is C12H7Cl5O. The van der Waals surface area contributed by atoms with Gasteiger partial charge in [0.15, 0.2) is 0 Å². The molecule has 0 unspecified atom stereocenters. The molecule has 18 heavy (non-hydrogen) atoms. The molecule has 96 valence electrons. The molecule has 0 amide bonds. The van der Waals surface area contributed by atoms with Gasteiger partial charge in [-0.1, -0.05) is 58.0 Å². The molecule has 0 aromatic heterocycles. The summed E-state index contributed by atoms with van der Waals surface area (Å²) in [5, 5.41) is 11.3. The smallest absolute Gasteiger partial charge is 0.135 e. The number of hydrogen-bond acceptors (Lipinski definition) is 1. The average molecular weight is 344 g/mol. The molecule has 0 fully saturated rings. The molecule has 2 aromatic rings. The molecule has 6 heteroatoms. The summed E-state index contributed by atoms with van der Waals surface area (Å²) in [4.78, 5) is 0. The zero-order valence-corrected chi connectivity index (χ0v) is 12.6. The first-order valence-electron chi connectivity index (χ1n) is 4.64. The van der Waals surface area contributed by atoms with Crippen molar-refractivity contribution >= 4 is 58.0 Å². The highest BCUT2D eigenvalue weighted by Gasteiger charge is 1.96. The van der Waals surface area contributed by atoms with Crippen LogP contribution in [-0.4, -0.2) is 5.11 Å². The van der Waals surface area contributed by atoms with Crippen molar-refractivity contribution in [1.82, 2.24) is 0 Å². The second-order valence-electron chi connectivity index (χ2n) is 3.15. The number of phenols is 1. The Hall–Kier alpha value is -0.310. The van der Waals surface area contributed by atoms with Crippen molar-refractivity contribution in [3.8, 4) is 5.75 Å². The topological polar surface area (TPSA) is 20.2 Å². The van der Waals surface area contributed by atoms with E-state index in [1.807, 2.05) is 0 Å². The number of rotatable bonds is 0. The first kappa shape index (κ1) is 15.7. The molecule has 2 aromatic carbocycles. The molecule has 0 bridgehead atoms. The van der Waals surface area contributed by atoms with Gasteiger partial charge in [-0.15, -0.1) is 0 Å². The summed E-state index contributed by atoms with van der Waals surface area (Å²) >= 11 is 27.7. The second kappa shape index (κ2) is 7.32. The Balaban J connectivity index is 0.000000180. The van der Waals surface area contributed by atoms with Gasteiger partial charge in [0.2, 0.25) is 0 Å². The van der Waals surface area contributed by atoms with E-state index in [0.717, 1.165) is 0 Å². The van der Waals surface area contributed by atoms with E-state index in [2.05, 4.69) is 0 Å². The predicted molar refractivity (Wildman–Crippen MR) is 79.6 cm³/mol. The van der Waals surface area contributed by atoms with Gasteiger partial charge in [0.25, 0.3) is 0 Å². The van der Waals surface area contributed by atoms with Crippen molar-refractivity contribution in [2.45, 2.75) is 0 Å². The Morgan fingerprint density at radius 1 is 0.611 bits per heavy atom. The summed E-state index contributed by atoms with van der Waals surface area (Å²) in [5.74, 6) is 0.0177. The van der Waals surface area contributed by atoms with Crippen LogP contribution in [0.4, 0.5) is 0 Å². The van der Waals surface area contributed by atoms with Crippen molar-refractivity contribution < 1.29 is 5.11 Å². The predicted octanol–water partition coefficient (Wildman–Crippen LogP) is 6.35. The summed E-state index contributed by atoms with van der Waals surface area (Å²) in [7, 11) is 0. The summed E-state index contributed by atoms with van der Waals surface area (Å²) in [6.07, 6.45) is 0. The number of benzene rings is 2. The summed E-state index contributed by atoms with van der Waals surface area (Å²) in [6, 6.07) is 9.50. The van der Waals surface area contributed by atoms with E-state index in [4.69, 9.17) is 63.1 Å². The third-order valence-electron chi connectivity index (χ3n) is 1.79. The van der Waals surface area contributed by atoms with Gasteiger partial charge in [-0.05, 0) is 30.3 Å². The van der Waals surface area contributed by atoms with Crippen LogP contribution in [0.1, 0.15) is 0 Å². The molecule has 1 N–H and O–H groups in total. The van der Waals surface area contributed by atoms with Gasteiger partial charge in [-0.2, -0.15) is 0 Å². The monoisotopic (exact) mass is 342 g/mol. The lowest BCUT2D eigenvalue weighted by Crippen LogP contribution is -1.66. The number of halogens is 5. The lowest BCUT2D eigenvalue weighted by Gasteiger charge is -1.93. The largest absolute Gasteiger partial charge is 0.506 e. The molecule has 0 saturated heterocycles. The lowest BCUT2D eigenvalue weighted by atomic mass is 10.3. The molecule has 0 heterocycles. The standard InChI is InChI=1S/C6H3Cl3.C6H4Cl2O/c2*7-4-1-2-5(8)6(9)3-4/h1-3H;1-3,9H. The van der Waals surface area contributed by atoms with Crippen LogP contribution >= 0.6 is 58.0 Å². The van der Waals surface area contributed by atoms with Crippen LogP contribution in [0.2, 0.25) is 25.1 Å². The van der Waals surface area contributed by atoms with E-state index in [-0.39, 0.29) is 5.75 Å². The van der Waals surface area contributed by atoms with Crippen LogP contribution in [0, 0.1) is 0 Å². The Labute approximate surface area is 130 Å². The lowest BCUT2D eigenvalue weighted by molar-refractivity contribution is 0.475. The summed E-state index contributed by atoms with van der Waals surface area (Å²) in [5.41, 5.74) is 0. The fourth-order valence-corrected chi connectivity index (χ4v) is 1.77. The Bertz CT molecular complexity index is 492. The molecule has 0 spiro atoms. The summed E-state index contributed by atoms with van der Waals surface area (Å²) in [6.45, 7) is 0. The van der Waals surface area contributed by atoms with E-state index in [1.54, 1.807) is 30.3 Å². The maximum Gasteiger partial charge on any atom is 0.135 e. The van der Waals surface area contributed by atoms with E-state index in [0.29, 0.717) is 25.1 Å².